The maximum absolute atomic E-state index is 5.21. The van der Waals surface area contributed by atoms with Crippen LogP contribution in [0.1, 0.15) is 78.1 Å². The Hall–Kier alpha value is 0.759. The zero-order valence-corrected chi connectivity index (χ0v) is 15.5. The average molecular weight is 345 g/mol. The fourth-order valence-corrected chi connectivity index (χ4v) is 2.50. The molecule has 0 aliphatic heterocycles. The van der Waals surface area contributed by atoms with Gasteiger partial charge in [-0.05, 0) is 12.8 Å². The van der Waals surface area contributed by atoms with Crippen molar-refractivity contribution in [2.45, 2.75) is 78.1 Å². The summed E-state index contributed by atoms with van der Waals surface area (Å²) in [4.78, 5) is 2.27. The first-order valence-corrected chi connectivity index (χ1v) is 8.55. The summed E-state index contributed by atoms with van der Waals surface area (Å²) in [7, 11) is 0. The molecule has 0 unspecified atom stereocenters. The summed E-state index contributed by atoms with van der Waals surface area (Å²) in [6, 6.07) is 0. The fourth-order valence-electron chi connectivity index (χ4n) is 2.12. The Balaban J connectivity index is 0. The molecule has 0 aromatic carbocycles. The number of nitrogens with zero attached hydrogens (tertiary/aromatic N) is 1. The van der Waals surface area contributed by atoms with E-state index in [2.05, 4.69) is 31.4 Å². The number of unbranched alkanes of at least 4 members (excludes halogenated alkanes) is 8. The van der Waals surface area contributed by atoms with Gasteiger partial charge < -0.3 is 4.90 Å². The Kier molecular flexibility index (Phi) is 19.5. The summed E-state index contributed by atoms with van der Waals surface area (Å²) in [5.74, 6) is 0. The molecule has 19 heavy (non-hydrogen) atoms. The molecule has 0 radical (unpaired) electrons. The van der Waals surface area contributed by atoms with Crippen LogP contribution >= 0.6 is 24.8 Å². The largest absolute Gasteiger partial charge is 0.358 e. The van der Waals surface area contributed by atoms with Gasteiger partial charge in [-0.25, -0.2) is 0 Å². The minimum atomic E-state index is 0. The molecule has 0 aliphatic rings. The second kappa shape index (κ2) is 16.8. The van der Waals surface area contributed by atoms with Crippen molar-refractivity contribution < 1.29 is 17.1 Å². The van der Waals surface area contributed by atoms with Crippen molar-refractivity contribution in [3.05, 3.63) is 0 Å². The molecular weight excluding hydrogens is 314 g/mol. The van der Waals surface area contributed by atoms with E-state index in [4.69, 9.17) is 12.2 Å². The SMILES string of the molecule is CCCCCCCN(CCCCCCC)C(=S)S.[Fe]. The maximum atomic E-state index is 5.21. The van der Waals surface area contributed by atoms with E-state index in [1.807, 2.05) is 0 Å². The van der Waals surface area contributed by atoms with E-state index in [0.29, 0.717) is 0 Å². The number of hydrogen-bond acceptors (Lipinski definition) is 1. The molecule has 0 aromatic rings. The molecule has 0 aromatic heterocycles. The van der Waals surface area contributed by atoms with E-state index in [0.717, 1.165) is 17.4 Å². The van der Waals surface area contributed by atoms with Crippen molar-refractivity contribution in [3.8, 4) is 0 Å². The number of hydrogen-bond donors (Lipinski definition) is 1. The molecule has 0 fully saturated rings. The second-order valence-corrected chi connectivity index (χ2v) is 6.21. The molecular formula is C15H31FeNS2. The molecule has 1 nitrogen and oxygen atoms in total. The Morgan fingerprint density at radius 3 is 1.47 bits per heavy atom. The average Bonchev–Trinajstić information content (AvgIpc) is 2.35. The Labute approximate surface area is 142 Å². The van der Waals surface area contributed by atoms with Gasteiger partial charge in [0.05, 0.1) is 0 Å². The predicted octanol–water partition coefficient (Wildman–Crippen LogP) is 5.44. The normalized spacial score (nSPS) is 10.1. The molecule has 0 aliphatic carbocycles. The molecule has 0 amide bonds. The van der Waals surface area contributed by atoms with Gasteiger partial charge >= 0.3 is 0 Å². The van der Waals surface area contributed by atoms with Gasteiger partial charge in [0.15, 0.2) is 0 Å². The standard InChI is InChI=1S/C15H31NS2.Fe/c1-3-5-7-9-11-13-16(15(17)18)14-12-10-8-6-4-2;/h3-14H2,1-2H3,(H,17,18);. The Morgan fingerprint density at radius 2 is 1.16 bits per heavy atom. The van der Waals surface area contributed by atoms with Crippen molar-refractivity contribution in [2.75, 3.05) is 13.1 Å². The van der Waals surface area contributed by atoms with E-state index < -0.39 is 0 Å². The van der Waals surface area contributed by atoms with Crippen LogP contribution in [0.4, 0.5) is 0 Å². The van der Waals surface area contributed by atoms with Crippen LogP contribution in [-0.2, 0) is 17.1 Å². The third kappa shape index (κ3) is 15.0. The molecule has 0 N–H and O–H groups in total. The van der Waals surface area contributed by atoms with Crippen LogP contribution in [0.3, 0.4) is 0 Å². The molecule has 0 spiro atoms. The van der Waals surface area contributed by atoms with Crippen LogP contribution in [0.15, 0.2) is 0 Å². The minimum Gasteiger partial charge on any atom is -0.358 e. The van der Waals surface area contributed by atoms with E-state index >= 15 is 0 Å². The van der Waals surface area contributed by atoms with Crippen LogP contribution in [-0.4, -0.2) is 22.3 Å². The maximum Gasteiger partial charge on any atom is 0.133 e. The monoisotopic (exact) mass is 345 g/mol. The minimum absolute atomic E-state index is 0. The number of rotatable bonds is 12. The third-order valence-corrected chi connectivity index (χ3v) is 3.87. The second-order valence-electron chi connectivity index (χ2n) is 5.10. The molecule has 116 valence electrons. The van der Waals surface area contributed by atoms with Crippen LogP contribution in [0.2, 0.25) is 0 Å². The Morgan fingerprint density at radius 1 is 0.789 bits per heavy atom. The van der Waals surface area contributed by atoms with Crippen LogP contribution in [0.5, 0.6) is 0 Å². The van der Waals surface area contributed by atoms with Crippen molar-refractivity contribution in [1.29, 1.82) is 0 Å². The van der Waals surface area contributed by atoms with Gasteiger partial charge in [-0.3, -0.25) is 0 Å². The van der Waals surface area contributed by atoms with Gasteiger partial charge in [-0.2, -0.15) is 0 Å². The van der Waals surface area contributed by atoms with Crippen LogP contribution < -0.4 is 0 Å². The summed E-state index contributed by atoms with van der Waals surface area (Å²) in [5, 5.41) is 0. The quantitative estimate of drug-likeness (QED) is 0.217. The smallest absolute Gasteiger partial charge is 0.133 e. The van der Waals surface area contributed by atoms with E-state index in [1.54, 1.807) is 0 Å². The predicted molar refractivity (Wildman–Crippen MR) is 90.7 cm³/mol. The topological polar surface area (TPSA) is 3.24 Å². The number of thiol groups is 1. The summed E-state index contributed by atoms with van der Waals surface area (Å²) >= 11 is 9.55. The van der Waals surface area contributed by atoms with Gasteiger partial charge in [-0.15, -0.1) is 12.6 Å². The molecule has 0 saturated heterocycles. The van der Waals surface area contributed by atoms with Crippen molar-refractivity contribution >= 4 is 29.2 Å². The van der Waals surface area contributed by atoms with Gasteiger partial charge in [0.1, 0.15) is 4.32 Å². The van der Waals surface area contributed by atoms with Crippen molar-refractivity contribution in [3.63, 3.8) is 0 Å². The van der Waals surface area contributed by atoms with Crippen molar-refractivity contribution in [2.24, 2.45) is 0 Å². The third-order valence-electron chi connectivity index (χ3n) is 3.33. The molecule has 0 rings (SSSR count). The van der Waals surface area contributed by atoms with Crippen LogP contribution in [0.25, 0.3) is 0 Å². The van der Waals surface area contributed by atoms with Crippen LogP contribution in [0, 0.1) is 0 Å². The molecule has 0 heterocycles. The first-order chi connectivity index (χ1) is 8.72. The Bertz CT molecular complexity index is 187. The van der Waals surface area contributed by atoms with Crippen molar-refractivity contribution in [1.82, 2.24) is 4.90 Å². The number of thiocarbonyl (C=S) groups is 1. The molecule has 0 saturated carbocycles. The summed E-state index contributed by atoms with van der Waals surface area (Å²) in [6.07, 6.45) is 13.3. The summed E-state index contributed by atoms with van der Waals surface area (Å²) in [5.41, 5.74) is 0. The zero-order chi connectivity index (χ0) is 13.6. The fraction of sp³-hybridized carbons (Fsp3) is 0.933. The van der Waals surface area contributed by atoms with Gasteiger partial charge in [0, 0.05) is 30.2 Å². The van der Waals surface area contributed by atoms with E-state index in [9.17, 15) is 0 Å². The summed E-state index contributed by atoms with van der Waals surface area (Å²) < 4.78 is 0.779. The van der Waals surface area contributed by atoms with Gasteiger partial charge in [0.25, 0.3) is 0 Å². The molecule has 0 bridgehead atoms. The summed E-state index contributed by atoms with van der Waals surface area (Å²) in [6.45, 7) is 6.70. The molecule has 4 heteroatoms. The molecule has 0 atom stereocenters. The van der Waals surface area contributed by atoms with Gasteiger partial charge in [0.2, 0.25) is 0 Å². The zero-order valence-electron chi connectivity index (χ0n) is 12.6. The van der Waals surface area contributed by atoms with E-state index in [-0.39, 0.29) is 17.1 Å². The first kappa shape index (κ1) is 22.0. The first-order valence-electron chi connectivity index (χ1n) is 7.70. The van der Waals surface area contributed by atoms with E-state index in [1.165, 1.54) is 64.2 Å². The van der Waals surface area contributed by atoms with Gasteiger partial charge in [-0.1, -0.05) is 77.4 Å².